The molecule has 0 bridgehead atoms. The molecule has 0 aliphatic carbocycles. The fourth-order valence-corrected chi connectivity index (χ4v) is 4.14. The minimum absolute atomic E-state index is 0.171. The zero-order valence-electron chi connectivity index (χ0n) is 12.9. The highest BCUT2D eigenvalue weighted by Gasteiger charge is 2.30. The summed E-state index contributed by atoms with van der Waals surface area (Å²) in [7, 11) is -3.72. The van der Waals surface area contributed by atoms with E-state index >= 15 is 0 Å². The van der Waals surface area contributed by atoms with Gasteiger partial charge < -0.3 is 5.11 Å². The highest BCUT2D eigenvalue weighted by molar-refractivity contribution is 7.89. The van der Waals surface area contributed by atoms with Crippen LogP contribution in [0, 0.1) is 0 Å². The second-order valence-electron chi connectivity index (χ2n) is 5.23. The highest BCUT2D eigenvalue weighted by atomic mass is 35.5. The van der Waals surface area contributed by atoms with Crippen molar-refractivity contribution >= 4 is 21.6 Å². The Bertz CT molecular complexity index is 713. The first-order valence-corrected chi connectivity index (χ1v) is 9.23. The van der Waals surface area contributed by atoms with Gasteiger partial charge in [-0.3, -0.25) is 0 Å². The van der Waals surface area contributed by atoms with E-state index in [0.717, 1.165) is 5.56 Å². The summed E-state index contributed by atoms with van der Waals surface area (Å²) in [6.45, 7) is 1.84. The quantitative estimate of drug-likeness (QED) is 0.830. The number of halogens is 1. The molecular weight excluding hydrogens is 334 g/mol. The third-order valence-electron chi connectivity index (χ3n) is 3.69. The van der Waals surface area contributed by atoms with Crippen molar-refractivity contribution in [3.05, 3.63) is 65.2 Å². The monoisotopic (exact) mass is 353 g/mol. The van der Waals surface area contributed by atoms with Crippen molar-refractivity contribution in [3.8, 4) is 0 Å². The summed E-state index contributed by atoms with van der Waals surface area (Å²) in [4.78, 5) is 0.171. The number of aliphatic hydroxyl groups is 1. The van der Waals surface area contributed by atoms with Crippen LogP contribution >= 0.6 is 11.6 Å². The molecule has 2 rings (SSSR count). The Morgan fingerprint density at radius 3 is 2.22 bits per heavy atom. The average Bonchev–Trinajstić information content (AvgIpc) is 2.56. The molecule has 0 saturated carbocycles. The van der Waals surface area contributed by atoms with Crippen molar-refractivity contribution < 1.29 is 13.5 Å². The second-order valence-corrected chi connectivity index (χ2v) is 7.56. The van der Waals surface area contributed by atoms with Gasteiger partial charge in [-0.15, -0.1) is 0 Å². The van der Waals surface area contributed by atoms with Crippen LogP contribution in [0.4, 0.5) is 0 Å². The van der Waals surface area contributed by atoms with Crippen LogP contribution in [0.3, 0.4) is 0 Å². The van der Waals surface area contributed by atoms with E-state index in [1.165, 1.54) is 16.4 Å². The highest BCUT2D eigenvalue weighted by Crippen LogP contribution is 2.23. The summed E-state index contributed by atoms with van der Waals surface area (Å²) in [6, 6.07) is 14.9. The number of hydrogen-bond donors (Lipinski definition) is 1. The minimum atomic E-state index is -3.72. The maximum Gasteiger partial charge on any atom is 0.243 e. The molecule has 23 heavy (non-hydrogen) atoms. The summed E-state index contributed by atoms with van der Waals surface area (Å²) in [6.07, 6.45) is 0.524. The van der Waals surface area contributed by atoms with Crippen molar-refractivity contribution in [1.29, 1.82) is 0 Å². The standard InChI is InChI=1S/C17H20ClNO3S/c1-2-16(13-20)19(12-14-6-4-3-5-7-14)23(21,22)17-10-8-15(18)9-11-17/h3-11,16,20H,2,12-13H2,1H3/t16-/m1/s1. The Kier molecular flexibility index (Phi) is 6.18. The van der Waals surface area contributed by atoms with E-state index in [-0.39, 0.29) is 18.0 Å². The molecule has 0 radical (unpaired) electrons. The van der Waals surface area contributed by atoms with Gasteiger partial charge in [0.1, 0.15) is 0 Å². The Morgan fingerprint density at radius 1 is 1.09 bits per heavy atom. The number of aliphatic hydroxyl groups excluding tert-OH is 1. The van der Waals surface area contributed by atoms with Crippen LogP contribution in [-0.2, 0) is 16.6 Å². The largest absolute Gasteiger partial charge is 0.395 e. The number of sulfonamides is 1. The average molecular weight is 354 g/mol. The van der Waals surface area contributed by atoms with Crippen LogP contribution in [0.15, 0.2) is 59.5 Å². The third-order valence-corrected chi connectivity index (χ3v) is 5.86. The van der Waals surface area contributed by atoms with Crippen LogP contribution in [0.1, 0.15) is 18.9 Å². The minimum Gasteiger partial charge on any atom is -0.395 e. The number of hydrogen-bond acceptors (Lipinski definition) is 3. The van der Waals surface area contributed by atoms with E-state index in [1.54, 1.807) is 12.1 Å². The van der Waals surface area contributed by atoms with E-state index in [2.05, 4.69) is 0 Å². The molecule has 1 atom stereocenters. The zero-order valence-corrected chi connectivity index (χ0v) is 14.5. The molecule has 0 unspecified atom stereocenters. The predicted octanol–water partition coefficient (Wildman–Crippen LogP) is 3.30. The van der Waals surface area contributed by atoms with Gasteiger partial charge in [-0.1, -0.05) is 48.9 Å². The molecule has 0 heterocycles. The zero-order chi connectivity index (χ0) is 16.9. The van der Waals surface area contributed by atoms with Gasteiger partial charge in [-0.25, -0.2) is 8.42 Å². The lowest BCUT2D eigenvalue weighted by Gasteiger charge is -2.29. The van der Waals surface area contributed by atoms with Crippen molar-refractivity contribution in [2.45, 2.75) is 30.8 Å². The molecular formula is C17H20ClNO3S. The summed E-state index contributed by atoms with van der Waals surface area (Å²) in [5.74, 6) is 0. The van der Waals surface area contributed by atoms with E-state index in [0.29, 0.717) is 11.4 Å². The van der Waals surface area contributed by atoms with E-state index in [1.807, 2.05) is 37.3 Å². The molecule has 4 nitrogen and oxygen atoms in total. The fourth-order valence-electron chi connectivity index (χ4n) is 2.34. The normalized spacial score (nSPS) is 13.2. The lowest BCUT2D eigenvalue weighted by molar-refractivity contribution is 0.179. The van der Waals surface area contributed by atoms with Crippen molar-refractivity contribution in [2.24, 2.45) is 0 Å². The molecule has 1 N–H and O–H groups in total. The molecule has 0 aliphatic heterocycles. The number of nitrogens with zero attached hydrogens (tertiary/aromatic N) is 1. The third kappa shape index (κ3) is 4.32. The maximum atomic E-state index is 13.0. The molecule has 0 aromatic heterocycles. The Hall–Kier alpha value is -1.40. The van der Waals surface area contributed by atoms with Crippen LogP contribution in [-0.4, -0.2) is 30.5 Å². The molecule has 0 aliphatic rings. The topological polar surface area (TPSA) is 57.6 Å². The fraction of sp³-hybridized carbons (Fsp3) is 0.294. The first-order chi connectivity index (χ1) is 11.0. The Labute approximate surface area is 142 Å². The van der Waals surface area contributed by atoms with Crippen LogP contribution in [0.25, 0.3) is 0 Å². The van der Waals surface area contributed by atoms with E-state index < -0.39 is 16.1 Å². The first-order valence-electron chi connectivity index (χ1n) is 7.41. The Morgan fingerprint density at radius 2 is 1.70 bits per heavy atom. The van der Waals surface area contributed by atoms with Gasteiger partial charge in [0.15, 0.2) is 0 Å². The van der Waals surface area contributed by atoms with Gasteiger partial charge in [0, 0.05) is 17.6 Å². The molecule has 2 aromatic rings. The molecule has 0 saturated heterocycles. The van der Waals surface area contributed by atoms with Gasteiger partial charge >= 0.3 is 0 Å². The first kappa shape index (κ1) is 17.9. The molecule has 0 amide bonds. The van der Waals surface area contributed by atoms with Crippen molar-refractivity contribution in [1.82, 2.24) is 4.31 Å². The smallest absolute Gasteiger partial charge is 0.243 e. The molecule has 0 fully saturated rings. The summed E-state index contributed by atoms with van der Waals surface area (Å²) in [5, 5.41) is 10.1. The van der Waals surface area contributed by atoms with Gasteiger partial charge in [-0.05, 0) is 36.2 Å². The lowest BCUT2D eigenvalue weighted by Crippen LogP contribution is -2.41. The van der Waals surface area contributed by atoms with Crippen molar-refractivity contribution in [2.75, 3.05) is 6.61 Å². The summed E-state index contributed by atoms with van der Waals surface area (Å²) in [5.41, 5.74) is 0.872. The number of benzene rings is 2. The molecule has 2 aromatic carbocycles. The second kappa shape index (κ2) is 7.93. The maximum absolute atomic E-state index is 13.0. The molecule has 6 heteroatoms. The van der Waals surface area contributed by atoms with Crippen LogP contribution < -0.4 is 0 Å². The lowest BCUT2D eigenvalue weighted by atomic mass is 10.2. The Balaban J connectivity index is 2.41. The van der Waals surface area contributed by atoms with Gasteiger partial charge in [-0.2, -0.15) is 4.31 Å². The van der Waals surface area contributed by atoms with Crippen molar-refractivity contribution in [3.63, 3.8) is 0 Å². The van der Waals surface area contributed by atoms with E-state index in [9.17, 15) is 13.5 Å². The SMILES string of the molecule is CC[C@H](CO)N(Cc1ccccc1)S(=O)(=O)c1ccc(Cl)cc1. The van der Waals surface area contributed by atoms with Gasteiger partial charge in [0.25, 0.3) is 0 Å². The summed E-state index contributed by atoms with van der Waals surface area (Å²) >= 11 is 5.84. The van der Waals surface area contributed by atoms with Crippen LogP contribution in [0.5, 0.6) is 0 Å². The van der Waals surface area contributed by atoms with E-state index in [4.69, 9.17) is 11.6 Å². The number of rotatable bonds is 7. The molecule has 0 spiro atoms. The van der Waals surface area contributed by atoms with Crippen LogP contribution in [0.2, 0.25) is 5.02 Å². The predicted molar refractivity (Wildman–Crippen MR) is 91.8 cm³/mol. The summed E-state index contributed by atoms with van der Waals surface area (Å²) < 4.78 is 27.3. The van der Waals surface area contributed by atoms with Gasteiger partial charge in [0.05, 0.1) is 11.5 Å². The van der Waals surface area contributed by atoms with Gasteiger partial charge in [0.2, 0.25) is 10.0 Å². The molecule has 124 valence electrons.